The fourth-order valence-corrected chi connectivity index (χ4v) is 19.0. The third kappa shape index (κ3) is 0.765. The van der Waals surface area contributed by atoms with E-state index in [1.807, 2.05) is 0 Å². The monoisotopic (exact) mass is 486 g/mol. The molecule has 0 unspecified atom stereocenters. The highest BCUT2D eigenvalue weighted by Gasteiger charge is 3.14. The maximum Gasteiger partial charge on any atom is 0.313 e. The van der Waals surface area contributed by atoms with Gasteiger partial charge in [0.2, 0.25) is 0 Å². The first-order valence-electron chi connectivity index (χ1n) is 12.1. The van der Waals surface area contributed by atoms with Gasteiger partial charge in [-0.15, -0.1) is 0 Å². The first-order chi connectivity index (χ1) is 14.9. The van der Waals surface area contributed by atoms with E-state index < -0.39 is 34.0 Å². The molecule has 162 valence electrons. The van der Waals surface area contributed by atoms with Crippen LogP contribution in [0.4, 0.5) is 0 Å². The highest BCUT2D eigenvalue weighted by molar-refractivity contribution is 9.10. The van der Waals surface area contributed by atoms with E-state index >= 15 is 0 Å². The predicted octanol–water partition coefficient (Wildman–Crippen LogP) is 1.43. The number of hydrogen-bond donors (Lipinski definition) is 2. The van der Waals surface area contributed by atoms with Crippen LogP contribution < -0.4 is 0 Å². The molecule has 12 aliphatic rings. The van der Waals surface area contributed by atoms with Crippen LogP contribution in [0.25, 0.3) is 0 Å². The van der Waals surface area contributed by atoms with Gasteiger partial charge in [-0.2, -0.15) is 0 Å². The van der Waals surface area contributed by atoms with Crippen molar-refractivity contribution in [1.82, 2.24) is 0 Å². The van der Waals surface area contributed by atoms with Crippen LogP contribution in [-0.4, -0.2) is 51.9 Å². The molecule has 0 aromatic rings. The molecule has 12 fully saturated rings. The lowest BCUT2D eigenvalue weighted by Gasteiger charge is -2.49. The van der Waals surface area contributed by atoms with Gasteiger partial charge in [-0.1, -0.05) is 15.9 Å². The molecule has 6 nitrogen and oxygen atoms in total. The molecule has 31 heavy (non-hydrogen) atoms. The number of alkyl halides is 1. The van der Waals surface area contributed by atoms with Crippen LogP contribution in [-0.2, 0) is 19.1 Å². The smallest absolute Gasteiger partial charge is 0.313 e. The topological polar surface area (TPSA) is 93.1 Å². The lowest BCUT2D eigenvalue weighted by molar-refractivity contribution is -0.198. The molecular weight excluding hydrogens is 464 g/mol. The second-order valence-corrected chi connectivity index (χ2v) is 14.6. The van der Waals surface area contributed by atoms with E-state index in [0.29, 0.717) is 29.6 Å². The Morgan fingerprint density at radius 2 is 1.16 bits per heavy atom. The summed E-state index contributed by atoms with van der Waals surface area (Å²) in [6.45, 7) is 0. The molecule has 0 amide bonds. The zero-order valence-electron chi connectivity index (χ0n) is 17.1. The second-order valence-electron chi connectivity index (χ2n) is 13.3. The first kappa shape index (κ1) is 16.0. The first-order valence-corrected chi connectivity index (χ1v) is 12.9. The Morgan fingerprint density at radius 3 is 1.77 bits per heavy atom. The molecular formula is C24H23BrO6. The summed E-state index contributed by atoms with van der Waals surface area (Å²) in [6.07, 6.45) is 0. The minimum atomic E-state index is -0.821. The zero-order chi connectivity index (χ0) is 20.7. The molecule has 0 heterocycles. The number of carboxylic acid groups (broad SMARTS) is 2. The number of rotatable bonds is 4. The molecule has 0 bridgehead atoms. The van der Waals surface area contributed by atoms with E-state index in [2.05, 4.69) is 15.9 Å². The molecule has 12 aliphatic carbocycles. The Kier molecular flexibility index (Phi) is 1.80. The summed E-state index contributed by atoms with van der Waals surface area (Å²) in [6, 6.07) is 0. The Labute approximate surface area is 186 Å². The van der Waals surface area contributed by atoms with Gasteiger partial charge in [0.1, 0.15) is 10.8 Å². The van der Waals surface area contributed by atoms with E-state index in [1.165, 1.54) is 0 Å². The van der Waals surface area contributed by atoms with Crippen molar-refractivity contribution in [3.8, 4) is 0 Å². The third-order valence-corrected chi connectivity index (χ3v) is 16.7. The van der Waals surface area contributed by atoms with Crippen molar-refractivity contribution in [2.75, 3.05) is 14.2 Å². The fraction of sp³-hybridized carbons (Fsp3) is 0.917. The average molecular weight is 487 g/mol. The summed E-state index contributed by atoms with van der Waals surface area (Å²) in [5.41, 5.74) is -2.72. The van der Waals surface area contributed by atoms with Crippen molar-refractivity contribution in [2.45, 2.75) is 15.5 Å². The lowest BCUT2D eigenvalue weighted by Crippen LogP contribution is -2.61. The Morgan fingerprint density at radius 1 is 0.645 bits per heavy atom. The van der Waals surface area contributed by atoms with Crippen molar-refractivity contribution < 1.29 is 29.3 Å². The molecule has 20 atom stereocenters. The van der Waals surface area contributed by atoms with Gasteiger partial charge in [0.25, 0.3) is 0 Å². The highest BCUT2D eigenvalue weighted by atomic mass is 79.9. The van der Waals surface area contributed by atoms with Crippen LogP contribution in [0.1, 0.15) is 0 Å². The molecule has 0 aromatic heterocycles. The standard InChI is InChI=1S/C24H23BrO6/c1-30-23-11-3-4-10-5-7-13(20(23,9(3)5)18(26)27)15-14(23)8-6(11)12(4)24(31-2)17(8)22(15,25)16(7)21(10,24)19(28)29/h3-17H,1-2H3,(H,26,27)(H,28,29)/t3-,4+,5-,6-,7-,8-,9-,10+,11+,12-,13-,14+,15+,16-,17-,20-,21+,22+,23-,24+/m0/s1. The van der Waals surface area contributed by atoms with E-state index in [9.17, 15) is 19.8 Å². The fourth-order valence-electron chi connectivity index (χ4n) is 17.1. The van der Waals surface area contributed by atoms with Crippen molar-refractivity contribution in [2.24, 2.45) is 99.6 Å². The molecule has 12 rings (SSSR count). The summed E-state index contributed by atoms with van der Waals surface area (Å²) in [7, 11) is 3.61. The van der Waals surface area contributed by atoms with Gasteiger partial charge in [0, 0.05) is 24.5 Å². The highest BCUT2D eigenvalue weighted by Crippen LogP contribution is 3.09. The van der Waals surface area contributed by atoms with Crippen LogP contribution in [0.15, 0.2) is 0 Å². The van der Waals surface area contributed by atoms with E-state index in [-0.39, 0.29) is 63.5 Å². The Balaban J connectivity index is 1.42. The molecule has 2 N–H and O–H groups in total. The average Bonchev–Trinajstić information content (AvgIpc) is 3.48. The molecule has 12 saturated carbocycles. The molecule has 0 aliphatic heterocycles. The van der Waals surface area contributed by atoms with Gasteiger partial charge in [0.15, 0.2) is 0 Å². The van der Waals surface area contributed by atoms with E-state index in [4.69, 9.17) is 9.47 Å². The number of ether oxygens (including phenoxy) is 2. The van der Waals surface area contributed by atoms with Crippen LogP contribution in [0.3, 0.4) is 0 Å². The van der Waals surface area contributed by atoms with Gasteiger partial charge >= 0.3 is 11.9 Å². The van der Waals surface area contributed by atoms with Crippen LogP contribution in [0, 0.1) is 99.6 Å². The maximum atomic E-state index is 13.5. The third-order valence-electron chi connectivity index (χ3n) is 15.2. The summed E-state index contributed by atoms with van der Waals surface area (Å²) >= 11 is 4.33. The molecule has 0 saturated heterocycles. The normalized spacial score (nSPS) is 85.7. The van der Waals surface area contributed by atoms with Crippen LogP contribution >= 0.6 is 15.9 Å². The summed E-state index contributed by atoms with van der Waals surface area (Å²) in [5.74, 6) is 2.14. The quantitative estimate of drug-likeness (QED) is 0.583. The largest absolute Gasteiger partial charge is 0.481 e. The Hall–Kier alpha value is -0.660. The Bertz CT molecular complexity index is 1170. The van der Waals surface area contributed by atoms with E-state index in [1.54, 1.807) is 14.2 Å². The lowest BCUT2D eigenvalue weighted by atomic mass is 9.59. The maximum absolute atomic E-state index is 13.5. The number of aliphatic carboxylic acids is 2. The molecule has 0 aromatic carbocycles. The predicted molar refractivity (Wildman–Crippen MR) is 104 cm³/mol. The van der Waals surface area contributed by atoms with Crippen LogP contribution in [0.2, 0.25) is 0 Å². The second kappa shape index (κ2) is 3.48. The van der Waals surface area contributed by atoms with Crippen molar-refractivity contribution in [3.05, 3.63) is 0 Å². The molecule has 7 heteroatoms. The molecule has 0 radical (unpaired) electrons. The van der Waals surface area contributed by atoms with Gasteiger partial charge in [-0.05, 0) is 82.9 Å². The number of carboxylic acids is 2. The minimum Gasteiger partial charge on any atom is -0.481 e. The summed E-state index contributed by atoms with van der Waals surface area (Å²) in [4.78, 5) is 26.9. The summed E-state index contributed by atoms with van der Waals surface area (Å²) < 4.78 is 12.9. The number of halogens is 1. The van der Waals surface area contributed by atoms with Gasteiger partial charge in [-0.3, -0.25) is 9.59 Å². The van der Waals surface area contributed by atoms with Gasteiger partial charge < -0.3 is 19.7 Å². The molecule has 0 spiro atoms. The van der Waals surface area contributed by atoms with E-state index in [0.717, 1.165) is 0 Å². The van der Waals surface area contributed by atoms with Crippen molar-refractivity contribution in [3.63, 3.8) is 0 Å². The van der Waals surface area contributed by atoms with Crippen molar-refractivity contribution >= 4 is 27.9 Å². The number of hydrogen-bond acceptors (Lipinski definition) is 4. The zero-order valence-corrected chi connectivity index (χ0v) is 18.7. The van der Waals surface area contributed by atoms with Gasteiger partial charge in [-0.25, -0.2) is 0 Å². The number of methoxy groups -OCH3 is 2. The number of carbonyl (C=O) groups is 2. The van der Waals surface area contributed by atoms with Crippen molar-refractivity contribution in [1.29, 1.82) is 0 Å². The minimum absolute atomic E-state index is 0.0163. The van der Waals surface area contributed by atoms with Crippen LogP contribution in [0.5, 0.6) is 0 Å². The summed E-state index contributed by atoms with van der Waals surface area (Å²) in [5, 5.41) is 22.1. The van der Waals surface area contributed by atoms with Gasteiger partial charge in [0.05, 0.1) is 11.2 Å². The SMILES string of the molecule is CO[C@@]12[C@@H]3[C@H]4[C@H]5[C@H]6[C@H]3[C@H]3[C@@H]1[C@H]1[C@@H]7[C@@H]8[C@@H]([C@H]4[C@@]72C(=O)O)[C@@H]5[C@]2(C(=O)O)[C@H]8[C@@]1(Br)[C@H]3[C@]62OC.